The van der Waals surface area contributed by atoms with Gasteiger partial charge in [0.25, 0.3) is 5.89 Å². The molecule has 3 rings (SSSR count). The van der Waals surface area contributed by atoms with Crippen LogP contribution in [-0.4, -0.2) is 27.0 Å². The number of nitrogen functional groups attached to an aromatic ring is 1. The van der Waals surface area contributed by atoms with Crippen LogP contribution in [0.3, 0.4) is 0 Å². The van der Waals surface area contributed by atoms with E-state index in [2.05, 4.69) is 15.2 Å². The summed E-state index contributed by atoms with van der Waals surface area (Å²) in [5, 5.41) is 7.87. The number of hydrogen-bond acceptors (Lipinski definition) is 6. The minimum atomic E-state index is -0.457. The normalized spacial score (nSPS) is 10.8. The number of benzene rings is 1. The molecule has 0 saturated carbocycles. The zero-order chi connectivity index (χ0) is 15.0. The van der Waals surface area contributed by atoms with E-state index < -0.39 is 5.82 Å². The standard InChI is InChI=1S/C13H12FN5O2/c1-19-11(15)8(6-16-19)13-17-12(18-21-13)7-3-4-9(14)10(5-7)20-2/h3-6H,15H2,1-2H3. The largest absolute Gasteiger partial charge is 0.494 e. The molecule has 108 valence electrons. The first-order valence-electron chi connectivity index (χ1n) is 6.05. The van der Waals surface area contributed by atoms with Crippen LogP contribution in [0.15, 0.2) is 28.9 Å². The van der Waals surface area contributed by atoms with Gasteiger partial charge in [-0.1, -0.05) is 5.16 Å². The maximum Gasteiger partial charge on any atom is 0.263 e. The Balaban J connectivity index is 2.00. The van der Waals surface area contributed by atoms with Gasteiger partial charge in [-0.15, -0.1) is 0 Å². The highest BCUT2D eigenvalue weighted by Gasteiger charge is 2.16. The molecule has 0 atom stereocenters. The lowest BCUT2D eigenvalue weighted by Crippen LogP contribution is -1.98. The fraction of sp³-hybridized carbons (Fsp3) is 0.154. The highest BCUT2D eigenvalue weighted by molar-refractivity contribution is 5.68. The minimum absolute atomic E-state index is 0.111. The average Bonchev–Trinajstić information content (AvgIpc) is 3.08. The van der Waals surface area contributed by atoms with E-state index in [1.807, 2.05) is 0 Å². The van der Waals surface area contributed by atoms with Crippen LogP contribution >= 0.6 is 0 Å². The van der Waals surface area contributed by atoms with E-state index in [1.165, 1.54) is 30.1 Å². The number of aromatic nitrogens is 4. The molecule has 0 fully saturated rings. The van der Waals surface area contributed by atoms with Gasteiger partial charge < -0.3 is 15.0 Å². The summed E-state index contributed by atoms with van der Waals surface area (Å²) >= 11 is 0. The van der Waals surface area contributed by atoms with Crippen molar-refractivity contribution < 1.29 is 13.7 Å². The van der Waals surface area contributed by atoms with Crippen LogP contribution < -0.4 is 10.5 Å². The molecule has 0 aliphatic carbocycles. The van der Waals surface area contributed by atoms with Gasteiger partial charge in [0, 0.05) is 12.6 Å². The molecule has 2 heterocycles. The Morgan fingerprint density at radius 1 is 1.38 bits per heavy atom. The maximum absolute atomic E-state index is 13.4. The maximum atomic E-state index is 13.4. The van der Waals surface area contributed by atoms with Crippen LogP contribution in [0.25, 0.3) is 22.8 Å². The number of methoxy groups -OCH3 is 1. The van der Waals surface area contributed by atoms with Gasteiger partial charge in [-0.05, 0) is 18.2 Å². The summed E-state index contributed by atoms with van der Waals surface area (Å²) in [4.78, 5) is 4.24. The number of anilines is 1. The van der Waals surface area contributed by atoms with Crippen LogP contribution in [-0.2, 0) is 7.05 Å². The van der Waals surface area contributed by atoms with Crippen molar-refractivity contribution in [1.82, 2.24) is 19.9 Å². The highest BCUT2D eigenvalue weighted by atomic mass is 19.1. The molecular weight excluding hydrogens is 277 g/mol. The first-order chi connectivity index (χ1) is 10.1. The third kappa shape index (κ3) is 2.20. The average molecular weight is 289 g/mol. The Morgan fingerprint density at radius 2 is 2.19 bits per heavy atom. The highest BCUT2D eigenvalue weighted by Crippen LogP contribution is 2.28. The van der Waals surface area contributed by atoms with Crippen LogP contribution in [0.1, 0.15) is 0 Å². The number of aryl methyl sites for hydroxylation is 1. The van der Waals surface area contributed by atoms with Gasteiger partial charge in [0.2, 0.25) is 5.82 Å². The van der Waals surface area contributed by atoms with Crippen molar-refractivity contribution in [2.24, 2.45) is 7.05 Å². The van der Waals surface area contributed by atoms with E-state index in [4.69, 9.17) is 15.0 Å². The van der Waals surface area contributed by atoms with Crippen molar-refractivity contribution in [3.05, 3.63) is 30.2 Å². The molecule has 0 bridgehead atoms. The molecule has 0 aliphatic rings. The molecule has 0 spiro atoms. The summed E-state index contributed by atoms with van der Waals surface area (Å²) in [6.07, 6.45) is 1.54. The van der Waals surface area contributed by atoms with E-state index in [9.17, 15) is 4.39 Å². The first-order valence-corrected chi connectivity index (χ1v) is 6.05. The van der Waals surface area contributed by atoms with Crippen molar-refractivity contribution in [2.45, 2.75) is 0 Å². The van der Waals surface area contributed by atoms with Gasteiger partial charge in [0.05, 0.1) is 13.3 Å². The summed E-state index contributed by atoms with van der Waals surface area (Å²) in [5.41, 5.74) is 6.97. The predicted molar refractivity (Wildman–Crippen MR) is 72.9 cm³/mol. The van der Waals surface area contributed by atoms with E-state index in [0.717, 1.165) is 0 Å². The second-order valence-electron chi connectivity index (χ2n) is 4.34. The van der Waals surface area contributed by atoms with E-state index in [-0.39, 0.29) is 11.6 Å². The predicted octanol–water partition coefficient (Wildman–Crippen LogP) is 1.87. The van der Waals surface area contributed by atoms with Crippen molar-refractivity contribution in [3.8, 4) is 28.6 Å². The van der Waals surface area contributed by atoms with Crippen LogP contribution in [0, 0.1) is 5.82 Å². The molecule has 1 aromatic carbocycles. The lowest BCUT2D eigenvalue weighted by Gasteiger charge is -2.02. The molecule has 0 saturated heterocycles. The van der Waals surface area contributed by atoms with Crippen molar-refractivity contribution in [3.63, 3.8) is 0 Å². The van der Waals surface area contributed by atoms with Crippen molar-refractivity contribution in [2.75, 3.05) is 12.8 Å². The molecule has 21 heavy (non-hydrogen) atoms. The van der Waals surface area contributed by atoms with Gasteiger partial charge >= 0.3 is 0 Å². The number of halogens is 1. The third-order valence-electron chi connectivity index (χ3n) is 3.05. The Kier molecular flexibility index (Phi) is 3.05. The van der Waals surface area contributed by atoms with Gasteiger partial charge in [-0.2, -0.15) is 10.1 Å². The number of nitrogens with two attached hydrogens (primary N) is 1. The first kappa shape index (κ1) is 13.1. The van der Waals surface area contributed by atoms with Gasteiger partial charge in [0.1, 0.15) is 11.4 Å². The third-order valence-corrected chi connectivity index (χ3v) is 3.05. The Hall–Kier alpha value is -2.90. The smallest absolute Gasteiger partial charge is 0.263 e. The Bertz CT molecular complexity index is 796. The lowest BCUT2D eigenvalue weighted by atomic mass is 10.2. The lowest BCUT2D eigenvalue weighted by molar-refractivity contribution is 0.386. The number of rotatable bonds is 3. The Morgan fingerprint density at radius 3 is 2.86 bits per heavy atom. The van der Waals surface area contributed by atoms with Crippen molar-refractivity contribution >= 4 is 5.82 Å². The Labute approximate surface area is 119 Å². The molecule has 0 amide bonds. The summed E-state index contributed by atoms with van der Waals surface area (Å²) in [6.45, 7) is 0. The van der Waals surface area contributed by atoms with Crippen LogP contribution in [0.2, 0.25) is 0 Å². The molecule has 0 unspecified atom stereocenters. The quantitative estimate of drug-likeness (QED) is 0.791. The van der Waals surface area contributed by atoms with E-state index in [1.54, 1.807) is 13.1 Å². The second kappa shape index (κ2) is 4.89. The zero-order valence-corrected chi connectivity index (χ0v) is 11.4. The molecule has 8 heteroatoms. The molecule has 2 aromatic heterocycles. The second-order valence-corrected chi connectivity index (χ2v) is 4.34. The summed E-state index contributed by atoms with van der Waals surface area (Å²) in [7, 11) is 3.10. The molecular formula is C13H12FN5O2. The fourth-order valence-electron chi connectivity index (χ4n) is 1.86. The van der Waals surface area contributed by atoms with Crippen molar-refractivity contribution in [1.29, 1.82) is 0 Å². The molecule has 2 N–H and O–H groups in total. The molecule has 7 nitrogen and oxygen atoms in total. The number of hydrogen-bond donors (Lipinski definition) is 1. The van der Waals surface area contributed by atoms with Gasteiger partial charge in [-0.25, -0.2) is 4.39 Å². The number of ether oxygens (including phenoxy) is 1. The summed E-state index contributed by atoms with van der Waals surface area (Å²) < 4.78 is 25.0. The topological polar surface area (TPSA) is 92.0 Å². The zero-order valence-electron chi connectivity index (χ0n) is 11.4. The van der Waals surface area contributed by atoms with Gasteiger partial charge in [-0.3, -0.25) is 4.68 Å². The van der Waals surface area contributed by atoms with Crippen LogP contribution in [0.5, 0.6) is 5.75 Å². The SMILES string of the molecule is COc1cc(-c2noc(-c3cnn(C)c3N)n2)ccc1F. The van der Waals surface area contributed by atoms with Gasteiger partial charge in [0.15, 0.2) is 11.6 Å². The molecule has 0 aliphatic heterocycles. The van der Waals surface area contributed by atoms with E-state index >= 15 is 0 Å². The van der Waals surface area contributed by atoms with Crippen LogP contribution in [0.4, 0.5) is 10.2 Å². The fourth-order valence-corrected chi connectivity index (χ4v) is 1.86. The molecule has 0 radical (unpaired) electrons. The summed E-state index contributed by atoms with van der Waals surface area (Å²) in [5.74, 6) is 0.633. The monoisotopic (exact) mass is 289 g/mol. The van der Waals surface area contributed by atoms with E-state index in [0.29, 0.717) is 22.8 Å². The summed E-state index contributed by atoms with van der Waals surface area (Å²) in [6, 6.07) is 4.32. The minimum Gasteiger partial charge on any atom is -0.494 e. The number of nitrogens with zero attached hydrogens (tertiary/aromatic N) is 4. The molecule has 3 aromatic rings.